The van der Waals surface area contributed by atoms with E-state index < -0.39 is 9.84 Å². The van der Waals surface area contributed by atoms with Gasteiger partial charge in [0.15, 0.2) is 9.84 Å². The summed E-state index contributed by atoms with van der Waals surface area (Å²) in [4.78, 5) is 12.9. The lowest BCUT2D eigenvalue weighted by Crippen LogP contribution is -2.19. The number of carbonyl (C=O) groups excluding carboxylic acids is 1. The molecule has 1 N–H and O–H groups in total. The number of amides is 1. The van der Waals surface area contributed by atoms with Crippen LogP contribution < -0.4 is 5.32 Å². The highest BCUT2D eigenvalue weighted by Gasteiger charge is 2.31. The Morgan fingerprint density at radius 3 is 2.85 bits per heavy atom. The molecule has 3 aromatic rings. The number of hydrogen-bond acceptors (Lipinski definition) is 4. The summed E-state index contributed by atoms with van der Waals surface area (Å²) in [5.41, 5.74) is 2.29. The van der Waals surface area contributed by atoms with Crippen LogP contribution in [0.15, 0.2) is 36.5 Å². The molecule has 4 rings (SSSR count). The van der Waals surface area contributed by atoms with Crippen LogP contribution in [-0.4, -0.2) is 40.2 Å². The molecule has 1 aliphatic rings. The van der Waals surface area contributed by atoms with Gasteiger partial charge in [-0.15, -0.1) is 0 Å². The van der Waals surface area contributed by atoms with Crippen molar-refractivity contribution in [3.05, 3.63) is 47.8 Å². The fourth-order valence-corrected chi connectivity index (χ4v) is 5.23. The summed E-state index contributed by atoms with van der Waals surface area (Å²) in [5, 5.41) is 8.19. The number of aromatic nitrogens is 3. The van der Waals surface area contributed by atoms with Crippen molar-refractivity contribution in [2.75, 3.05) is 16.8 Å². The van der Waals surface area contributed by atoms with Crippen molar-refractivity contribution >= 4 is 32.5 Å². The molecule has 7 nitrogen and oxygen atoms in total. The minimum absolute atomic E-state index is 0.0608. The maximum Gasteiger partial charge on any atom is 0.257 e. The third-order valence-corrected chi connectivity index (χ3v) is 6.58. The van der Waals surface area contributed by atoms with Gasteiger partial charge in [-0.2, -0.15) is 5.10 Å². The summed E-state index contributed by atoms with van der Waals surface area (Å²) < 4.78 is 27.2. The molecule has 2 aromatic heterocycles. The van der Waals surface area contributed by atoms with Gasteiger partial charge < -0.3 is 9.88 Å². The quantitative estimate of drug-likeness (QED) is 0.764. The molecule has 0 saturated carbocycles. The van der Waals surface area contributed by atoms with Gasteiger partial charge in [0.05, 0.1) is 23.2 Å². The van der Waals surface area contributed by atoms with E-state index in [2.05, 4.69) is 10.4 Å². The normalized spacial score (nSPS) is 19.1. The molecule has 136 valence electrons. The molecule has 0 bridgehead atoms. The average Bonchev–Trinajstić information content (AvgIpc) is 3.25. The highest BCUT2D eigenvalue weighted by atomic mass is 32.2. The summed E-state index contributed by atoms with van der Waals surface area (Å²) >= 11 is 0. The second-order valence-electron chi connectivity index (χ2n) is 6.79. The van der Waals surface area contributed by atoms with Gasteiger partial charge in [0.2, 0.25) is 0 Å². The van der Waals surface area contributed by atoms with Crippen molar-refractivity contribution in [1.29, 1.82) is 0 Å². The lowest BCUT2D eigenvalue weighted by molar-refractivity contribution is 0.102. The second-order valence-corrected chi connectivity index (χ2v) is 9.02. The lowest BCUT2D eigenvalue weighted by atomic mass is 10.1. The lowest BCUT2D eigenvalue weighted by Gasteiger charge is -2.14. The Bertz CT molecular complexity index is 1110. The van der Waals surface area contributed by atoms with Crippen molar-refractivity contribution in [3.8, 4) is 0 Å². The average molecular weight is 372 g/mol. The molecule has 1 fully saturated rings. The Kier molecular flexibility index (Phi) is 3.87. The smallest absolute Gasteiger partial charge is 0.257 e. The van der Waals surface area contributed by atoms with E-state index in [4.69, 9.17) is 0 Å². The fourth-order valence-electron chi connectivity index (χ4n) is 3.54. The standard InChI is InChI=1S/C18H20N4O3S/c1-12-10-17(22(20-12)13-7-9-26(24,25)11-13)19-18(23)15-4-3-5-16-14(15)6-8-21(16)2/h3-6,8,10,13H,7,9,11H2,1-2H3,(H,19,23)/t13-/m1/s1. The van der Waals surface area contributed by atoms with E-state index in [1.54, 1.807) is 16.8 Å². The number of sulfone groups is 1. The third-order valence-electron chi connectivity index (χ3n) is 4.83. The van der Waals surface area contributed by atoms with Gasteiger partial charge >= 0.3 is 0 Å². The van der Waals surface area contributed by atoms with Crippen LogP contribution in [0.2, 0.25) is 0 Å². The van der Waals surface area contributed by atoms with Crippen molar-refractivity contribution in [2.45, 2.75) is 19.4 Å². The summed E-state index contributed by atoms with van der Waals surface area (Å²) in [5.74, 6) is 0.518. The number of nitrogens with one attached hydrogen (secondary N) is 1. The number of rotatable bonds is 3. The van der Waals surface area contributed by atoms with Gasteiger partial charge in [0.25, 0.3) is 5.91 Å². The van der Waals surface area contributed by atoms with E-state index in [0.717, 1.165) is 16.6 Å². The van der Waals surface area contributed by atoms with Crippen LogP contribution in [0.1, 0.15) is 28.5 Å². The number of nitrogens with zero attached hydrogens (tertiary/aromatic N) is 3. The SMILES string of the molecule is Cc1cc(NC(=O)c2cccc3c2ccn3C)n([C@@H]2CCS(=O)(=O)C2)n1. The minimum atomic E-state index is -3.03. The van der Waals surface area contributed by atoms with E-state index >= 15 is 0 Å². The molecule has 0 spiro atoms. The molecule has 1 saturated heterocycles. The summed E-state index contributed by atoms with van der Waals surface area (Å²) in [6, 6.07) is 9.04. The van der Waals surface area contributed by atoms with Crippen LogP contribution in [0.3, 0.4) is 0 Å². The van der Waals surface area contributed by atoms with Crippen molar-refractivity contribution < 1.29 is 13.2 Å². The molecule has 8 heteroatoms. The van der Waals surface area contributed by atoms with Crippen LogP contribution in [0, 0.1) is 6.92 Å². The zero-order chi connectivity index (χ0) is 18.5. The number of benzene rings is 1. The monoisotopic (exact) mass is 372 g/mol. The topological polar surface area (TPSA) is 86.0 Å². The highest BCUT2D eigenvalue weighted by molar-refractivity contribution is 7.91. The predicted molar refractivity (Wildman–Crippen MR) is 100 cm³/mol. The number of anilines is 1. The Balaban J connectivity index is 1.66. The van der Waals surface area contributed by atoms with Gasteiger partial charge in [-0.1, -0.05) is 6.07 Å². The predicted octanol–water partition coefficient (Wildman–Crippen LogP) is 2.30. The number of fused-ring (bicyclic) bond motifs is 1. The van der Waals surface area contributed by atoms with Gasteiger partial charge in [-0.05, 0) is 31.5 Å². The summed E-state index contributed by atoms with van der Waals surface area (Å²) in [6.45, 7) is 1.83. The third kappa shape index (κ3) is 2.90. The molecule has 0 radical (unpaired) electrons. The summed E-state index contributed by atoms with van der Waals surface area (Å²) in [7, 11) is -1.10. The van der Waals surface area contributed by atoms with E-state index in [1.807, 2.05) is 42.9 Å². The maximum absolute atomic E-state index is 12.9. The van der Waals surface area contributed by atoms with Gasteiger partial charge in [-0.3, -0.25) is 4.79 Å². The molecule has 1 aliphatic heterocycles. The van der Waals surface area contributed by atoms with Gasteiger partial charge in [0, 0.05) is 35.8 Å². The van der Waals surface area contributed by atoms with Crippen LogP contribution in [0.4, 0.5) is 5.82 Å². The molecular formula is C18H20N4O3S. The van der Waals surface area contributed by atoms with Crippen LogP contribution >= 0.6 is 0 Å². The van der Waals surface area contributed by atoms with E-state index in [1.165, 1.54) is 0 Å². The Morgan fingerprint density at radius 2 is 2.12 bits per heavy atom. The van der Waals surface area contributed by atoms with Crippen LogP contribution in [0.5, 0.6) is 0 Å². The molecule has 0 unspecified atom stereocenters. The van der Waals surface area contributed by atoms with Crippen molar-refractivity contribution in [1.82, 2.24) is 14.3 Å². The highest BCUT2D eigenvalue weighted by Crippen LogP contribution is 2.28. The van der Waals surface area contributed by atoms with E-state index in [-0.39, 0.29) is 23.5 Å². The van der Waals surface area contributed by atoms with Crippen molar-refractivity contribution in [2.24, 2.45) is 7.05 Å². The van der Waals surface area contributed by atoms with E-state index in [0.29, 0.717) is 17.8 Å². The van der Waals surface area contributed by atoms with Gasteiger partial charge in [-0.25, -0.2) is 13.1 Å². The first-order valence-electron chi connectivity index (χ1n) is 8.46. The zero-order valence-corrected chi connectivity index (χ0v) is 15.5. The first-order valence-corrected chi connectivity index (χ1v) is 10.3. The largest absolute Gasteiger partial charge is 0.351 e. The zero-order valence-electron chi connectivity index (χ0n) is 14.6. The first-order chi connectivity index (χ1) is 12.3. The Labute approximate surface area is 151 Å². The Morgan fingerprint density at radius 1 is 1.31 bits per heavy atom. The van der Waals surface area contributed by atoms with Crippen LogP contribution in [0.25, 0.3) is 10.9 Å². The molecular weight excluding hydrogens is 352 g/mol. The van der Waals surface area contributed by atoms with Crippen molar-refractivity contribution in [3.63, 3.8) is 0 Å². The molecule has 26 heavy (non-hydrogen) atoms. The molecule has 0 aliphatic carbocycles. The van der Waals surface area contributed by atoms with Crippen LogP contribution in [-0.2, 0) is 16.9 Å². The molecule has 1 amide bonds. The number of carbonyl (C=O) groups is 1. The fraction of sp³-hybridized carbons (Fsp3) is 0.333. The molecule has 1 atom stereocenters. The number of hydrogen-bond donors (Lipinski definition) is 1. The summed E-state index contributed by atoms with van der Waals surface area (Å²) in [6.07, 6.45) is 2.43. The van der Waals surface area contributed by atoms with E-state index in [9.17, 15) is 13.2 Å². The number of aryl methyl sites for hydroxylation is 2. The molecule has 3 heterocycles. The first kappa shape index (κ1) is 16.8. The Hall–Kier alpha value is -2.61. The second kappa shape index (κ2) is 5.98. The molecule has 1 aromatic carbocycles. The maximum atomic E-state index is 12.9. The minimum Gasteiger partial charge on any atom is -0.351 e. The van der Waals surface area contributed by atoms with Gasteiger partial charge in [0.1, 0.15) is 5.82 Å².